The van der Waals surface area contributed by atoms with Gasteiger partial charge in [-0.25, -0.2) is 13.1 Å². The number of ether oxygens (including phenoxy) is 1. The first-order chi connectivity index (χ1) is 16.9. The first kappa shape index (κ1) is 24.0. The van der Waals surface area contributed by atoms with Crippen molar-refractivity contribution in [2.24, 2.45) is 0 Å². The van der Waals surface area contributed by atoms with Gasteiger partial charge in [0.2, 0.25) is 5.88 Å². The second-order valence-corrected chi connectivity index (χ2v) is 9.48. The van der Waals surface area contributed by atoms with Crippen LogP contribution in [-0.2, 0) is 16.6 Å². The molecule has 8 nitrogen and oxygen atoms in total. The summed E-state index contributed by atoms with van der Waals surface area (Å²) in [4.78, 5) is 16.3. The van der Waals surface area contributed by atoms with Crippen molar-refractivity contribution in [3.63, 3.8) is 0 Å². The number of nitrogens with one attached hydrogen (secondary N) is 1. The SMILES string of the molecule is COc1nc(-c2ccccc2)n(Cc2ccc(-c3ccccc3S(=O)(=O)NC#N)cc2Cl)c1C=O. The molecule has 0 spiro atoms. The maximum Gasteiger partial charge on any atom is 0.270 e. The van der Waals surface area contributed by atoms with Crippen molar-refractivity contribution >= 4 is 27.9 Å². The highest BCUT2D eigenvalue weighted by atomic mass is 35.5. The molecule has 3 aromatic carbocycles. The van der Waals surface area contributed by atoms with Crippen LogP contribution in [0.1, 0.15) is 16.1 Å². The minimum atomic E-state index is -4.03. The predicted molar refractivity (Wildman–Crippen MR) is 132 cm³/mol. The summed E-state index contributed by atoms with van der Waals surface area (Å²) in [6.45, 7) is 0.226. The molecule has 0 unspecified atom stereocenters. The lowest BCUT2D eigenvalue weighted by molar-refractivity contribution is 0.111. The van der Waals surface area contributed by atoms with E-state index in [1.54, 1.807) is 41.0 Å². The van der Waals surface area contributed by atoms with Crippen LogP contribution in [0.3, 0.4) is 0 Å². The van der Waals surface area contributed by atoms with E-state index in [-0.39, 0.29) is 23.0 Å². The summed E-state index contributed by atoms with van der Waals surface area (Å²) in [6.07, 6.45) is 2.14. The van der Waals surface area contributed by atoms with Crippen LogP contribution in [0.25, 0.3) is 22.5 Å². The summed E-state index contributed by atoms with van der Waals surface area (Å²) in [7, 11) is -2.58. The Morgan fingerprint density at radius 2 is 1.80 bits per heavy atom. The van der Waals surface area contributed by atoms with E-state index in [9.17, 15) is 13.2 Å². The number of imidazole rings is 1. The van der Waals surface area contributed by atoms with Gasteiger partial charge in [-0.2, -0.15) is 10.2 Å². The van der Waals surface area contributed by atoms with Gasteiger partial charge in [0.1, 0.15) is 11.5 Å². The zero-order chi connectivity index (χ0) is 25.0. The number of aromatic nitrogens is 2. The third-order valence-electron chi connectivity index (χ3n) is 5.36. The molecule has 0 aliphatic heterocycles. The molecule has 0 aliphatic carbocycles. The maximum absolute atomic E-state index is 12.5. The number of methoxy groups -OCH3 is 1. The molecule has 1 heterocycles. The predicted octanol–water partition coefficient (Wildman–Crippen LogP) is 4.50. The number of halogens is 1. The smallest absolute Gasteiger partial charge is 0.270 e. The fourth-order valence-electron chi connectivity index (χ4n) is 3.74. The lowest BCUT2D eigenvalue weighted by Crippen LogP contribution is -2.18. The molecule has 4 aromatic rings. The topological polar surface area (TPSA) is 114 Å². The van der Waals surface area contributed by atoms with E-state index >= 15 is 0 Å². The monoisotopic (exact) mass is 506 g/mol. The minimum Gasteiger partial charge on any atom is -0.479 e. The molecule has 1 aromatic heterocycles. The summed E-state index contributed by atoms with van der Waals surface area (Å²) < 4.78 is 33.8. The standard InChI is InChI=1S/C25H19ClN4O4S/c1-34-25-22(15-31)30(24(29-25)17-7-3-2-4-8-17)14-19-12-11-18(13-21(19)26)20-9-5-6-10-23(20)35(32,33)28-16-27/h2-13,15,28H,14H2,1H3. The molecule has 0 amide bonds. The molecule has 0 saturated heterocycles. The van der Waals surface area contributed by atoms with Crippen molar-refractivity contribution in [2.75, 3.05) is 7.11 Å². The summed E-state index contributed by atoms with van der Waals surface area (Å²) in [5.74, 6) is 0.749. The van der Waals surface area contributed by atoms with Crippen LogP contribution in [-0.4, -0.2) is 31.4 Å². The minimum absolute atomic E-state index is 0.0423. The fourth-order valence-corrected chi connectivity index (χ4v) is 4.95. The molecule has 0 radical (unpaired) electrons. The van der Waals surface area contributed by atoms with E-state index in [2.05, 4.69) is 4.98 Å². The van der Waals surface area contributed by atoms with Gasteiger partial charge in [-0.3, -0.25) is 4.79 Å². The number of aldehydes is 1. The Kier molecular flexibility index (Phi) is 6.87. The number of nitrogens with zero attached hydrogens (tertiary/aromatic N) is 3. The summed E-state index contributed by atoms with van der Waals surface area (Å²) >= 11 is 6.62. The highest BCUT2D eigenvalue weighted by molar-refractivity contribution is 7.89. The molecule has 35 heavy (non-hydrogen) atoms. The average molecular weight is 507 g/mol. The van der Waals surface area contributed by atoms with E-state index in [0.29, 0.717) is 33.8 Å². The first-order valence-electron chi connectivity index (χ1n) is 10.3. The molecule has 10 heteroatoms. The fraction of sp³-hybridized carbons (Fsp3) is 0.0800. The zero-order valence-electron chi connectivity index (χ0n) is 18.5. The Morgan fingerprint density at radius 1 is 1.09 bits per heavy atom. The van der Waals surface area contributed by atoms with E-state index in [0.717, 1.165) is 5.56 Å². The van der Waals surface area contributed by atoms with E-state index in [1.165, 1.54) is 19.4 Å². The van der Waals surface area contributed by atoms with Crippen LogP contribution < -0.4 is 9.46 Å². The number of benzene rings is 3. The van der Waals surface area contributed by atoms with Gasteiger partial charge < -0.3 is 9.30 Å². The van der Waals surface area contributed by atoms with Gasteiger partial charge in [0.05, 0.1) is 18.6 Å². The second-order valence-electron chi connectivity index (χ2n) is 7.42. The average Bonchev–Trinajstić information content (AvgIpc) is 3.23. The Bertz CT molecular complexity index is 1540. The molecule has 1 N–H and O–H groups in total. The van der Waals surface area contributed by atoms with Crippen molar-refractivity contribution in [2.45, 2.75) is 11.4 Å². The lowest BCUT2D eigenvalue weighted by atomic mass is 10.0. The third kappa shape index (κ3) is 4.75. The number of nitriles is 1. The van der Waals surface area contributed by atoms with Crippen LogP contribution in [0.5, 0.6) is 5.88 Å². The van der Waals surface area contributed by atoms with Crippen molar-refractivity contribution in [1.29, 1.82) is 5.26 Å². The molecule has 4 rings (SSSR count). The summed E-state index contributed by atoms with van der Waals surface area (Å²) in [6, 6.07) is 20.8. The van der Waals surface area contributed by atoms with Crippen LogP contribution in [0.2, 0.25) is 5.02 Å². The van der Waals surface area contributed by atoms with Gasteiger partial charge in [-0.05, 0) is 23.3 Å². The van der Waals surface area contributed by atoms with Gasteiger partial charge >= 0.3 is 0 Å². The van der Waals surface area contributed by atoms with Crippen molar-refractivity contribution in [3.05, 3.63) is 89.1 Å². The summed E-state index contributed by atoms with van der Waals surface area (Å²) in [5.41, 5.74) is 2.71. The van der Waals surface area contributed by atoms with Crippen LogP contribution in [0, 0.1) is 11.5 Å². The van der Waals surface area contributed by atoms with Gasteiger partial charge in [-0.15, -0.1) is 0 Å². The number of carbonyl (C=O) groups is 1. The highest BCUT2D eigenvalue weighted by Gasteiger charge is 2.21. The van der Waals surface area contributed by atoms with Gasteiger partial charge in [0.15, 0.2) is 12.5 Å². The van der Waals surface area contributed by atoms with Crippen LogP contribution >= 0.6 is 11.6 Å². The number of sulfonamides is 1. The van der Waals surface area contributed by atoms with E-state index < -0.39 is 10.0 Å². The molecule has 0 fully saturated rings. The molecule has 176 valence electrons. The molecule has 0 aliphatic rings. The number of carbonyl (C=O) groups excluding carboxylic acids is 1. The Labute approximate surface area is 207 Å². The number of hydrogen-bond donors (Lipinski definition) is 1. The lowest BCUT2D eigenvalue weighted by Gasteiger charge is -2.14. The second kappa shape index (κ2) is 10.0. The molecular formula is C25H19ClN4O4S. The van der Waals surface area contributed by atoms with Crippen molar-refractivity contribution in [1.82, 2.24) is 14.3 Å². The zero-order valence-corrected chi connectivity index (χ0v) is 20.0. The Hall–Kier alpha value is -4.13. The largest absolute Gasteiger partial charge is 0.479 e. The molecular weight excluding hydrogens is 488 g/mol. The van der Waals surface area contributed by atoms with Gasteiger partial charge in [0.25, 0.3) is 10.0 Å². The molecule has 0 saturated carbocycles. The normalized spacial score (nSPS) is 11.0. The van der Waals surface area contributed by atoms with Crippen LogP contribution in [0.4, 0.5) is 0 Å². The molecule has 0 bridgehead atoms. The Balaban J connectivity index is 1.77. The van der Waals surface area contributed by atoms with Crippen LogP contribution in [0.15, 0.2) is 77.7 Å². The third-order valence-corrected chi connectivity index (χ3v) is 7.01. The molecule has 0 atom stereocenters. The Morgan fingerprint density at radius 3 is 2.46 bits per heavy atom. The maximum atomic E-state index is 12.5. The number of rotatable bonds is 8. The first-order valence-corrected chi connectivity index (χ1v) is 12.2. The summed E-state index contributed by atoms with van der Waals surface area (Å²) in [5, 5.41) is 9.18. The number of hydrogen-bond acceptors (Lipinski definition) is 6. The van der Waals surface area contributed by atoms with Gasteiger partial charge in [0, 0.05) is 16.1 Å². The quantitative estimate of drug-likeness (QED) is 0.214. The van der Waals surface area contributed by atoms with E-state index in [1.807, 2.05) is 35.1 Å². The van der Waals surface area contributed by atoms with Crippen molar-refractivity contribution in [3.8, 4) is 34.6 Å². The van der Waals surface area contributed by atoms with E-state index in [4.69, 9.17) is 21.6 Å². The highest BCUT2D eigenvalue weighted by Crippen LogP contribution is 2.33. The van der Waals surface area contributed by atoms with Crippen molar-refractivity contribution < 1.29 is 17.9 Å². The van der Waals surface area contributed by atoms with Gasteiger partial charge in [-0.1, -0.05) is 72.3 Å².